The number of amides is 2. The van der Waals surface area contributed by atoms with Gasteiger partial charge in [0, 0.05) is 29.4 Å². The van der Waals surface area contributed by atoms with E-state index in [-0.39, 0.29) is 11.8 Å². The van der Waals surface area contributed by atoms with Crippen LogP contribution in [-0.2, 0) is 6.54 Å². The van der Waals surface area contributed by atoms with E-state index in [1.807, 2.05) is 35.7 Å². The number of carbonyl (C=O) groups is 2. The maximum Gasteiger partial charge on any atom is 0.265 e. The molecule has 150 valence electrons. The largest absolute Gasteiger partial charge is 0.334 e. The first-order chi connectivity index (χ1) is 14.1. The van der Waals surface area contributed by atoms with Gasteiger partial charge >= 0.3 is 0 Å². The number of nitrogens with one attached hydrogen (secondary N) is 1. The summed E-state index contributed by atoms with van der Waals surface area (Å²) in [5.74, 6) is -0.253. The minimum absolute atomic E-state index is 0.0804. The van der Waals surface area contributed by atoms with Gasteiger partial charge in [0.25, 0.3) is 11.8 Å². The maximum absolute atomic E-state index is 13.0. The molecule has 0 aliphatic heterocycles. The molecule has 3 N–H and O–H groups in total. The van der Waals surface area contributed by atoms with E-state index in [0.29, 0.717) is 47.2 Å². The number of nitrogens with zero attached hydrogens (tertiary/aromatic N) is 1. The van der Waals surface area contributed by atoms with Crippen molar-refractivity contribution >= 4 is 40.4 Å². The topological polar surface area (TPSA) is 75.4 Å². The Hall–Kier alpha value is -2.67. The summed E-state index contributed by atoms with van der Waals surface area (Å²) >= 11 is 7.76. The number of rotatable bonds is 8. The Bertz CT molecular complexity index is 961. The highest BCUT2D eigenvalue weighted by molar-refractivity contribution is 7.12. The van der Waals surface area contributed by atoms with Crippen molar-refractivity contribution in [3.8, 4) is 0 Å². The van der Waals surface area contributed by atoms with E-state index >= 15 is 0 Å². The molecule has 5 nitrogen and oxygen atoms in total. The molecule has 1 heterocycles. The zero-order valence-corrected chi connectivity index (χ0v) is 17.4. The number of hydrogen-bond donors (Lipinski definition) is 2. The highest BCUT2D eigenvalue weighted by Gasteiger charge is 2.17. The Morgan fingerprint density at radius 3 is 2.55 bits per heavy atom. The van der Waals surface area contributed by atoms with Crippen molar-refractivity contribution in [2.45, 2.75) is 13.0 Å². The van der Waals surface area contributed by atoms with Crippen molar-refractivity contribution in [2.75, 3.05) is 18.4 Å². The first-order valence-corrected chi connectivity index (χ1v) is 10.5. The third-order valence-electron chi connectivity index (χ3n) is 4.35. The molecule has 0 saturated carbocycles. The lowest BCUT2D eigenvalue weighted by Crippen LogP contribution is -2.32. The number of benzene rings is 2. The van der Waals surface area contributed by atoms with Gasteiger partial charge in [-0.3, -0.25) is 9.59 Å². The predicted octanol–water partition coefficient (Wildman–Crippen LogP) is 4.65. The number of carbonyl (C=O) groups excluding carboxylic acids is 2. The van der Waals surface area contributed by atoms with Crippen LogP contribution >= 0.6 is 22.9 Å². The number of thiophene rings is 1. The van der Waals surface area contributed by atoms with Crippen molar-refractivity contribution in [1.29, 1.82) is 0 Å². The Morgan fingerprint density at radius 1 is 1.07 bits per heavy atom. The molecule has 0 radical (unpaired) electrons. The molecule has 0 saturated heterocycles. The van der Waals surface area contributed by atoms with Crippen LogP contribution in [0, 0.1) is 0 Å². The Morgan fingerprint density at radius 2 is 1.86 bits per heavy atom. The Kier molecular flexibility index (Phi) is 7.41. The van der Waals surface area contributed by atoms with Crippen LogP contribution < -0.4 is 11.1 Å². The monoisotopic (exact) mass is 427 g/mol. The molecular weight excluding hydrogens is 406 g/mol. The molecule has 0 atom stereocenters. The molecule has 0 bridgehead atoms. The van der Waals surface area contributed by atoms with Crippen molar-refractivity contribution in [3.63, 3.8) is 0 Å². The SMILES string of the molecule is NCCCN(Cc1cc(NC(=O)c2cccs2)ccc1Cl)C(=O)c1ccccc1. The summed E-state index contributed by atoms with van der Waals surface area (Å²) < 4.78 is 0. The zero-order valence-electron chi connectivity index (χ0n) is 15.8. The fourth-order valence-corrected chi connectivity index (χ4v) is 3.67. The molecule has 1 aromatic heterocycles. The molecular formula is C22H22ClN3O2S. The smallest absolute Gasteiger partial charge is 0.265 e. The standard InChI is InChI=1S/C22H22ClN3O2S/c23-19-10-9-18(25-21(27)20-8-4-13-29-20)14-17(19)15-26(12-5-11-24)22(28)16-6-2-1-3-7-16/h1-4,6-10,13-14H,5,11-12,15,24H2,(H,25,27). The van der Waals surface area contributed by atoms with E-state index in [1.54, 1.807) is 35.2 Å². The lowest BCUT2D eigenvalue weighted by molar-refractivity contribution is 0.0742. The van der Waals surface area contributed by atoms with Crippen LogP contribution in [0.4, 0.5) is 5.69 Å². The Balaban J connectivity index is 1.79. The van der Waals surface area contributed by atoms with E-state index in [9.17, 15) is 9.59 Å². The fourth-order valence-electron chi connectivity index (χ4n) is 2.88. The average Bonchev–Trinajstić information content (AvgIpc) is 3.28. The minimum atomic E-state index is -0.173. The summed E-state index contributed by atoms with van der Waals surface area (Å²) in [6, 6.07) is 18.0. The van der Waals surface area contributed by atoms with Crippen LogP contribution in [0.15, 0.2) is 66.0 Å². The van der Waals surface area contributed by atoms with Crippen molar-refractivity contribution in [2.24, 2.45) is 5.73 Å². The van der Waals surface area contributed by atoms with Crippen LogP contribution in [-0.4, -0.2) is 29.8 Å². The van der Waals surface area contributed by atoms with Crippen LogP contribution in [0.2, 0.25) is 5.02 Å². The fraction of sp³-hybridized carbons (Fsp3) is 0.182. The molecule has 29 heavy (non-hydrogen) atoms. The average molecular weight is 428 g/mol. The second-order valence-electron chi connectivity index (χ2n) is 6.47. The summed E-state index contributed by atoms with van der Waals surface area (Å²) in [4.78, 5) is 27.6. The number of anilines is 1. The van der Waals surface area contributed by atoms with Crippen molar-refractivity contribution in [3.05, 3.63) is 87.1 Å². The molecule has 3 rings (SSSR count). The van der Waals surface area contributed by atoms with Gasteiger partial charge in [-0.1, -0.05) is 35.9 Å². The highest BCUT2D eigenvalue weighted by Crippen LogP contribution is 2.24. The maximum atomic E-state index is 13.0. The van der Waals surface area contributed by atoms with Crippen molar-refractivity contribution < 1.29 is 9.59 Å². The number of hydrogen-bond acceptors (Lipinski definition) is 4. The van der Waals surface area contributed by atoms with E-state index in [1.165, 1.54) is 11.3 Å². The van der Waals surface area contributed by atoms with Crippen LogP contribution in [0.25, 0.3) is 0 Å². The summed E-state index contributed by atoms with van der Waals surface area (Å²) in [5.41, 5.74) is 7.66. The van der Waals surface area contributed by atoms with E-state index in [4.69, 9.17) is 17.3 Å². The first kappa shape index (κ1) is 21.0. The van der Waals surface area contributed by atoms with Gasteiger partial charge in [-0.25, -0.2) is 0 Å². The molecule has 0 spiro atoms. The predicted molar refractivity (Wildman–Crippen MR) is 119 cm³/mol. The normalized spacial score (nSPS) is 10.6. The first-order valence-electron chi connectivity index (χ1n) is 9.26. The molecule has 0 aliphatic rings. The van der Waals surface area contributed by atoms with Gasteiger partial charge in [-0.2, -0.15) is 0 Å². The Labute approximate surface area is 179 Å². The summed E-state index contributed by atoms with van der Waals surface area (Å²) in [6.07, 6.45) is 0.686. The minimum Gasteiger partial charge on any atom is -0.334 e. The lowest BCUT2D eigenvalue weighted by Gasteiger charge is -2.23. The number of halogens is 1. The molecule has 2 amide bonds. The van der Waals surface area contributed by atoms with Crippen molar-refractivity contribution in [1.82, 2.24) is 4.90 Å². The third kappa shape index (κ3) is 5.67. The second kappa shape index (κ2) is 10.2. The van der Waals surface area contributed by atoms with Gasteiger partial charge < -0.3 is 16.0 Å². The van der Waals surface area contributed by atoms with Gasteiger partial charge in [0.15, 0.2) is 0 Å². The van der Waals surface area contributed by atoms with Gasteiger partial charge in [0.1, 0.15) is 0 Å². The van der Waals surface area contributed by atoms with E-state index in [2.05, 4.69) is 5.32 Å². The van der Waals surface area contributed by atoms with E-state index < -0.39 is 0 Å². The van der Waals surface area contributed by atoms with Crippen LogP contribution in [0.3, 0.4) is 0 Å². The summed E-state index contributed by atoms with van der Waals surface area (Å²) in [7, 11) is 0. The van der Waals surface area contributed by atoms with Gasteiger partial charge in [-0.15, -0.1) is 11.3 Å². The molecule has 0 fully saturated rings. The summed E-state index contributed by atoms with van der Waals surface area (Å²) in [5, 5.41) is 5.27. The highest BCUT2D eigenvalue weighted by atomic mass is 35.5. The summed E-state index contributed by atoms with van der Waals surface area (Å²) in [6.45, 7) is 1.34. The second-order valence-corrected chi connectivity index (χ2v) is 7.83. The molecule has 0 unspecified atom stereocenters. The molecule has 0 aliphatic carbocycles. The van der Waals surface area contributed by atoms with E-state index in [0.717, 1.165) is 5.56 Å². The van der Waals surface area contributed by atoms with Crippen LogP contribution in [0.1, 0.15) is 32.0 Å². The molecule has 3 aromatic rings. The number of nitrogens with two attached hydrogens (primary N) is 1. The van der Waals surface area contributed by atoms with Crippen LogP contribution in [0.5, 0.6) is 0 Å². The van der Waals surface area contributed by atoms with Gasteiger partial charge in [0.05, 0.1) is 4.88 Å². The lowest BCUT2D eigenvalue weighted by atomic mass is 10.1. The molecule has 2 aromatic carbocycles. The van der Waals surface area contributed by atoms with Gasteiger partial charge in [0.2, 0.25) is 0 Å². The van der Waals surface area contributed by atoms with Gasteiger partial charge in [-0.05, 0) is 60.3 Å². The zero-order chi connectivity index (χ0) is 20.6. The molecule has 7 heteroatoms. The third-order valence-corrected chi connectivity index (χ3v) is 5.59. The quantitative estimate of drug-likeness (QED) is 0.549.